The lowest BCUT2D eigenvalue weighted by molar-refractivity contribution is 0.0603. The number of pyridine rings is 2. The van der Waals surface area contributed by atoms with Crippen molar-refractivity contribution < 1.29 is 27.1 Å². The van der Waals surface area contributed by atoms with Crippen LogP contribution in [0.3, 0.4) is 0 Å². The summed E-state index contributed by atoms with van der Waals surface area (Å²) < 4.78 is 64.0. The van der Waals surface area contributed by atoms with Crippen LogP contribution in [0.25, 0.3) is 38.8 Å². The van der Waals surface area contributed by atoms with E-state index in [1.807, 2.05) is 0 Å². The number of carbonyl (C=O) groups is 1. The van der Waals surface area contributed by atoms with Crippen molar-refractivity contribution in [1.82, 2.24) is 19.5 Å². The van der Waals surface area contributed by atoms with E-state index in [0.29, 0.717) is 5.82 Å². The predicted octanol–water partition coefficient (Wildman–Crippen LogP) is 5.29. The van der Waals surface area contributed by atoms with Crippen LogP contribution in [0, 0.1) is 30.3 Å². The summed E-state index contributed by atoms with van der Waals surface area (Å²) in [4.78, 5) is 24.2. The van der Waals surface area contributed by atoms with Crippen molar-refractivity contribution in [2.45, 2.75) is 6.92 Å². The minimum atomic E-state index is -1.31. The number of nitrogens with zero attached hydrogens (tertiary/aromatic N) is 4. The van der Waals surface area contributed by atoms with E-state index in [0.717, 1.165) is 18.3 Å². The maximum absolute atomic E-state index is 14.8. The van der Waals surface area contributed by atoms with Crippen molar-refractivity contribution in [2.75, 3.05) is 7.11 Å². The third kappa shape index (κ3) is 3.18. The second-order valence-corrected chi connectivity index (χ2v) is 7.42. The molecule has 0 radical (unpaired) electrons. The van der Waals surface area contributed by atoms with E-state index in [-0.39, 0.29) is 44.3 Å². The van der Waals surface area contributed by atoms with Crippen molar-refractivity contribution in [3.05, 3.63) is 83.6 Å². The Morgan fingerprint density at radius 1 is 0.941 bits per heavy atom. The monoisotopic (exact) mass is 466 g/mol. The molecule has 0 unspecified atom stereocenters. The molecule has 34 heavy (non-hydrogen) atoms. The first-order valence-corrected chi connectivity index (χ1v) is 9.96. The molecule has 0 N–H and O–H groups in total. The molecule has 0 spiro atoms. The van der Waals surface area contributed by atoms with Crippen LogP contribution in [0.4, 0.5) is 17.6 Å². The minimum Gasteiger partial charge on any atom is -0.465 e. The van der Waals surface area contributed by atoms with Crippen LogP contribution in [-0.2, 0) is 4.74 Å². The van der Waals surface area contributed by atoms with E-state index in [2.05, 4.69) is 15.0 Å². The van der Waals surface area contributed by atoms with Crippen LogP contribution in [0.2, 0.25) is 0 Å². The number of methoxy groups -OCH3 is 1. The number of aryl methyl sites for hydroxylation is 1. The number of esters is 1. The van der Waals surface area contributed by atoms with Gasteiger partial charge in [-0.25, -0.2) is 27.9 Å². The molecule has 0 fully saturated rings. The number of halogens is 4. The first-order valence-electron chi connectivity index (χ1n) is 9.96. The number of hydrogen-bond acceptors (Lipinski definition) is 5. The molecular weight excluding hydrogens is 452 g/mol. The molecule has 0 amide bonds. The quantitative estimate of drug-likeness (QED) is 0.205. The number of aromatic nitrogens is 4. The van der Waals surface area contributed by atoms with Gasteiger partial charge in [0, 0.05) is 18.0 Å². The molecule has 5 aromatic rings. The summed E-state index contributed by atoms with van der Waals surface area (Å²) in [7, 11) is 1.17. The lowest BCUT2D eigenvalue weighted by Crippen LogP contribution is -2.04. The normalized spacial score (nSPS) is 11.4. The van der Waals surface area contributed by atoms with E-state index < -0.39 is 29.4 Å². The van der Waals surface area contributed by atoms with Crippen molar-refractivity contribution in [3.63, 3.8) is 0 Å². The van der Waals surface area contributed by atoms with Gasteiger partial charge in [0.05, 0.1) is 29.3 Å². The van der Waals surface area contributed by atoms with E-state index in [4.69, 9.17) is 4.74 Å². The molecule has 0 saturated carbocycles. The highest BCUT2D eigenvalue weighted by Gasteiger charge is 2.23. The number of hydrogen-bond donors (Lipinski definition) is 0. The molecule has 0 aliphatic carbocycles. The fraction of sp³-hybridized carbons (Fsp3) is 0.0833. The minimum absolute atomic E-state index is 0.0153. The van der Waals surface area contributed by atoms with Gasteiger partial charge < -0.3 is 4.74 Å². The number of ether oxygens (including phenoxy) is 1. The van der Waals surface area contributed by atoms with E-state index >= 15 is 0 Å². The second-order valence-electron chi connectivity index (χ2n) is 7.42. The third-order valence-electron chi connectivity index (χ3n) is 5.50. The Kier molecular flexibility index (Phi) is 5.00. The van der Waals surface area contributed by atoms with Gasteiger partial charge in [-0.2, -0.15) is 4.39 Å². The number of carbonyl (C=O) groups excluding carboxylic acids is 1. The van der Waals surface area contributed by atoms with Crippen LogP contribution in [0.5, 0.6) is 0 Å². The van der Waals surface area contributed by atoms with E-state index in [9.17, 15) is 22.4 Å². The van der Waals surface area contributed by atoms with Crippen molar-refractivity contribution in [2.24, 2.45) is 0 Å². The smallest absolute Gasteiger partial charge is 0.340 e. The van der Waals surface area contributed by atoms with Crippen LogP contribution in [-0.4, -0.2) is 32.6 Å². The molecule has 0 aliphatic rings. The summed E-state index contributed by atoms with van der Waals surface area (Å²) in [5.74, 6) is -4.38. The molecule has 0 atom stereocenters. The lowest BCUT2D eigenvalue weighted by atomic mass is 10.0. The predicted molar refractivity (Wildman–Crippen MR) is 116 cm³/mol. The summed E-state index contributed by atoms with van der Waals surface area (Å²) in [5.41, 5.74) is 0.438. The van der Waals surface area contributed by atoms with Gasteiger partial charge in [-0.3, -0.25) is 9.55 Å². The molecule has 5 rings (SSSR count). The maximum atomic E-state index is 14.8. The number of benzene rings is 2. The molecule has 0 saturated heterocycles. The molecule has 170 valence electrons. The number of rotatable bonds is 3. The number of fused-ring (bicyclic) bond motifs is 2. The molecule has 2 aromatic carbocycles. The molecule has 3 heterocycles. The summed E-state index contributed by atoms with van der Waals surface area (Å²) in [5, 5.41) is -0.101. The zero-order valence-electron chi connectivity index (χ0n) is 17.7. The molecule has 6 nitrogen and oxygen atoms in total. The molecule has 3 aromatic heterocycles. The van der Waals surface area contributed by atoms with Gasteiger partial charge in [0.2, 0.25) is 5.95 Å². The van der Waals surface area contributed by atoms with E-state index in [1.165, 1.54) is 42.1 Å². The van der Waals surface area contributed by atoms with Crippen LogP contribution >= 0.6 is 0 Å². The Morgan fingerprint density at radius 2 is 1.68 bits per heavy atom. The van der Waals surface area contributed by atoms with Crippen LogP contribution < -0.4 is 0 Å². The molecule has 10 heteroatoms. The topological polar surface area (TPSA) is 69.9 Å². The molecule has 0 aliphatic heterocycles. The highest BCUT2D eigenvalue weighted by Crippen LogP contribution is 2.34. The van der Waals surface area contributed by atoms with Gasteiger partial charge in [0.25, 0.3) is 0 Å². The summed E-state index contributed by atoms with van der Waals surface area (Å²) >= 11 is 0. The zero-order valence-corrected chi connectivity index (χ0v) is 17.7. The lowest BCUT2D eigenvalue weighted by Gasteiger charge is -2.13. The van der Waals surface area contributed by atoms with Crippen molar-refractivity contribution >= 4 is 27.9 Å². The Balaban J connectivity index is 1.91. The van der Waals surface area contributed by atoms with Gasteiger partial charge in [-0.05, 0) is 48.9 Å². The van der Waals surface area contributed by atoms with Gasteiger partial charge in [-0.1, -0.05) is 0 Å². The average molecular weight is 466 g/mol. The third-order valence-corrected chi connectivity index (χ3v) is 5.50. The highest BCUT2D eigenvalue weighted by atomic mass is 19.2. The van der Waals surface area contributed by atoms with Crippen molar-refractivity contribution in [1.29, 1.82) is 0 Å². The fourth-order valence-corrected chi connectivity index (χ4v) is 4.02. The first kappa shape index (κ1) is 21.5. The SMILES string of the molecule is COC(=O)c1cc(-c2ccnc(F)c2F)cc2c1nc(C)n2-c1ccnc2c(F)ccc(F)c12. The summed E-state index contributed by atoms with van der Waals surface area (Å²) in [6.07, 6.45) is 2.40. The maximum Gasteiger partial charge on any atom is 0.340 e. The van der Waals surface area contributed by atoms with Gasteiger partial charge in [0.1, 0.15) is 28.5 Å². The Labute approximate surface area is 189 Å². The summed E-state index contributed by atoms with van der Waals surface area (Å²) in [6, 6.07) is 7.48. The van der Waals surface area contributed by atoms with Crippen LogP contribution in [0.15, 0.2) is 48.8 Å². The van der Waals surface area contributed by atoms with Gasteiger partial charge >= 0.3 is 5.97 Å². The number of imidazole rings is 1. The highest BCUT2D eigenvalue weighted by molar-refractivity contribution is 6.05. The van der Waals surface area contributed by atoms with Gasteiger partial charge in [-0.15, -0.1) is 0 Å². The van der Waals surface area contributed by atoms with E-state index in [1.54, 1.807) is 6.92 Å². The Hall–Kier alpha value is -4.34. The second kappa shape index (κ2) is 7.91. The zero-order chi connectivity index (χ0) is 24.1. The molecule has 0 bridgehead atoms. The van der Waals surface area contributed by atoms with Crippen LogP contribution in [0.1, 0.15) is 16.2 Å². The largest absolute Gasteiger partial charge is 0.465 e. The Bertz CT molecular complexity index is 1630. The van der Waals surface area contributed by atoms with Crippen molar-refractivity contribution in [3.8, 4) is 16.8 Å². The molecular formula is C24H14F4N4O2. The Morgan fingerprint density at radius 3 is 2.44 bits per heavy atom. The summed E-state index contributed by atoms with van der Waals surface area (Å²) in [6.45, 7) is 1.61. The van der Waals surface area contributed by atoms with Gasteiger partial charge in [0.15, 0.2) is 5.82 Å². The standard InChI is InChI=1S/C24H14F4N4O2/c1-11-31-21-14(24(33)34-2)9-12(13-5-7-30-23(28)20(13)27)10-18(21)32(11)17-6-8-29-22-16(26)4-3-15(25)19(17)22/h3-10H,1-2H3. The first-order chi connectivity index (χ1) is 16.3. The fourth-order valence-electron chi connectivity index (χ4n) is 4.02. The average Bonchev–Trinajstić information content (AvgIpc) is 3.17.